The minimum atomic E-state index is -0.192. The highest BCUT2D eigenvalue weighted by Crippen LogP contribution is 2.29. The van der Waals surface area contributed by atoms with Crippen molar-refractivity contribution in [1.82, 2.24) is 20.4 Å². The Morgan fingerprint density at radius 3 is 2.71 bits per heavy atom. The molecule has 7 nitrogen and oxygen atoms in total. The number of hydrogen-bond donors (Lipinski definition) is 1. The summed E-state index contributed by atoms with van der Waals surface area (Å²) in [6.45, 7) is 8.12. The van der Waals surface area contributed by atoms with E-state index < -0.39 is 0 Å². The van der Waals surface area contributed by atoms with Gasteiger partial charge in [0.15, 0.2) is 0 Å². The fraction of sp³-hybridized carbons (Fsp3) is 0.588. The largest absolute Gasteiger partial charge is 0.472 e. The Labute approximate surface area is 141 Å². The Hall–Kier alpha value is -2.15. The lowest BCUT2D eigenvalue weighted by molar-refractivity contribution is -0.123. The zero-order valence-electron chi connectivity index (χ0n) is 14.4. The SMILES string of the molecule is CC(C)(C)NC(=O)CN1CCC(c2nnc(-c3ccoc3)o2)CC1. The van der Waals surface area contributed by atoms with Crippen LogP contribution in [0, 0.1) is 0 Å². The second-order valence-corrected chi connectivity index (χ2v) is 7.31. The van der Waals surface area contributed by atoms with Crippen molar-refractivity contribution in [3.05, 3.63) is 24.5 Å². The van der Waals surface area contributed by atoms with Gasteiger partial charge in [0, 0.05) is 11.5 Å². The molecule has 0 unspecified atom stereocenters. The van der Waals surface area contributed by atoms with E-state index in [1.165, 1.54) is 0 Å². The zero-order chi connectivity index (χ0) is 17.2. The summed E-state index contributed by atoms with van der Waals surface area (Å²) in [5.74, 6) is 1.48. The first-order valence-corrected chi connectivity index (χ1v) is 8.30. The van der Waals surface area contributed by atoms with Crippen molar-refractivity contribution >= 4 is 5.91 Å². The molecule has 0 spiro atoms. The van der Waals surface area contributed by atoms with Crippen molar-refractivity contribution in [3.63, 3.8) is 0 Å². The van der Waals surface area contributed by atoms with Crippen LogP contribution < -0.4 is 5.32 Å². The Bertz CT molecular complexity index is 664. The normalized spacial score (nSPS) is 17.1. The van der Waals surface area contributed by atoms with Gasteiger partial charge in [-0.25, -0.2) is 0 Å². The van der Waals surface area contributed by atoms with Crippen LogP contribution >= 0.6 is 0 Å². The summed E-state index contributed by atoms with van der Waals surface area (Å²) in [4.78, 5) is 14.2. The number of nitrogens with zero attached hydrogens (tertiary/aromatic N) is 3. The smallest absolute Gasteiger partial charge is 0.250 e. The molecule has 1 amide bonds. The molecule has 2 aromatic heterocycles. The lowest BCUT2D eigenvalue weighted by atomic mass is 9.97. The Morgan fingerprint density at radius 2 is 2.08 bits per heavy atom. The highest BCUT2D eigenvalue weighted by molar-refractivity contribution is 5.78. The van der Waals surface area contributed by atoms with Gasteiger partial charge in [0.25, 0.3) is 5.89 Å². The number of aromatic nitrogens is 2. The molecule has 0 bridgehead atoms. The van der Waals surface area contributed by atoms with Crippen LogP contribution in [-0.4, -0.2) is 46.2 Å². The molecule has 1 aliphatic heterocycles. The second-order valence-electron chi connectivity index (χ2n) is 7.31. The molecule has 0 saturated carbocycles. The number of carbonyl (C=O) groups excluding carboxylic acids is 1. The van der Waals surface area contributed by atoms with Crippen molar-refractivity contribution in [2.45, 2.75) is 45.1 Å². The lowest BCUT2D eigenvalue weighted by Gasteiger charge is -2.31. The highest BCUT2D eigenvalue weighted by Gasteiger charge is 2.27. The third-order valence-corrected chi connectivity index (χ3v) is 4.03. The van der Waals surface area contributed by atoms with Crippen LogP contribution in [0.5, 0.6) is 0 Å². The van der Waals surface area contributed by atoms with E-state index in [-0.39, 0.29) is 17.4 Å². The molecule has 3 heterocycles. The van der Waals surface area contributed by atoms with E-state index in [0.29, 0.717) is 18.3 Å². The van der Waals surface area contributed by atoms with Gasteiger partial charge >= 0.3 is 0 Å². The maximum Gasteiger partial charge on any atom is 0.250 e. The molecule has 0 aliphatic carbocycles. The number of nitrogens with one attached hydrogen (secondary N) is 1. The van der Waals surface area contributed by atoms with E-state index >= 15 is 0 Å². The Balaban J connectivity index is 1.51. The van der Waals surface area contributed by atoms with Crippen LogP contribution in [-0.2, 0) is 4.79 Å². The average Bonchev–Trinajstić information content (AvgIpc) is 3.17. The van der Waals surface area contributed by atoms with E-state index in [1.807, 2.05) is 20.8 Å². The fourth-order valence-electron chi connectivity index (χ4n) is 2.90. The fourth-order valence-corrected chi connectivity index (χ4v) is 2.90. The molecule has 7 heteroatoms. The standard InChI is InChI=1S/C17H24N4O3/c1-17(2,3)18-14(22)10-21-7-4-12(5-8-21)15-19-20-16(24-15)13-6-9-23-11-13/h6,9,11-12H,4-5,7-8,10H2,1-3H3,(H,18,22). The minimum Gasteiger partial charge on any atom is -0.472 e. The van der Waals surface area contributed by atoms with Gasteiger partial charge in [0.05, 0.1) is 18.4 Å². The summed E-state index contributed by atoms with van der Waals surface area (Å²) in [5, 5.41) is 11.3. The van der Waals surface area contributed by atoms with Crippen LogP contribution in [0.15, 0.2) is 27.4 Å². The van der Waals surface area contributed by atoms with Crippen molar-refractivity contribution in [3.8, 4) is 11.5 Å². The van der Waals surface area contributed by atoms with Crippen LogP contribution in [0.4, 0.5) is 0 Å². The number of furan rings is 1. The molecule has 0 aromatic carbocycles. The first kappa shape index (κ1) is 16.7. The van der Waals surface area contributed by atoms with Crippen molar-refractivity contribution in [2.75, 3.05) is 19.6 Å². The van der Waals surface area contributed by atoms with Gasteiger partial charge in [-0.15, -0.1) is 10.2 Å². The predicted octanol–water partition coefficient (Wildman–Crippen LogP) is 2.42. The third-order valence-electron chi connectivity index (χ3n) is 4.03. The van der Waals surface area contributed by atoms with E-state index in [9.17, 15) is 4.79 Å². The number of carbonyl (C=O) groups is 1. The molecule has 1 fully saturated rings. The minimum absolute atomic E-state index is 0.0704. The molecule has 24 heavy (non-hydrogen) atoms. The van der Waals surface area contributed by atoms with Gasteiger partial charge < -0.3 is 14.2 Å². The van der Waals surface area contributed by atoms with Gasteiger partial charge in [0.1, 0.15) is 6.26 Å². The van der Waals surface area contributed by atoms with Crippen molar-refractivity contribution in [1.29, 1.82) is 0 Å². The summed E-state index contributed by atoms with van der Waals surface area (Å²) in [6, 6.07) is 1.80. The molecule has 130 valence electrons. The van der Waals surface area contributed by atoms with Crippen molar-refractivity contribution in [2.24, 2.45) is 0 Å². The van der Waals surface area contributed by atoms with Gasteiger partial charge in [0.2, 0.25) is 11.8 Å². The summed E-state index contributed by atoms with van der Waals surface area (Å²) in [7, 11) is 0. The third kappa shape index (κ3) is 4.23. The molecule has 2 aromatic rings. The first-order chi connectivity index (χ1) is 11.4. The second kappa shape index (κ2) is 6.76. The number of hydrogen-bond acceptors (Lipinski definition) is 6. The maximum atomic E-state index is 12.0. The highest BCUT2D eigenvalue weighted by atomic mass is 16.4. The lowest BCUT2D eigenvalue weighted by Crippen LogP contribution is -2.47. The Morgan fingerprint density at radius 1 is 1.33 bits per heavy atom. The number of amides is 1. The van der Waals surface area contributed by atoms with Gasteiger partial charge in [-0.3, -0.25) is 9.69 Å². The van der Waals surface area contributed by atoms with E-state index in [2.05, 4.69) is 20.4 Å². The van der Waals surface area contributed by atoms with Crippen LogP contribution in [0.2, 0.25) is 0 Å². The first-order valence-electron chi connectivity index (χ1n) is 8.30. The molecular weight excluding hydrogens is 308 g/mol. The number of rotatable bonds is 4. The van der Waals surface area contributed by atoms with Crippen LogP contribution in [0.25, 0.3) is 11.5 Å². The van der Waals surface area contributed by atoms with E-state index in [0.717, 1.165) is 31.5 Å². The van der Waals surface area contributed by atoms with Crippen molar-refractivity contribution < 1.29 is 13.6 Å². The van der Waals surface area contributed by atoms with Crippen LogP contribution in [0.3, 0.4) is 0 Å². The summed E-state index contributed by atoms with van der Waals surface area (Å²) in [5.41, 5.74) is 0.605. The summed E-state index contributed by atoms with van der Waals surface area (Å²) in [6.07, 6.45) is 5.00. The molecule has 0 radical (unpaired) electrons. The van der Waals surface area contributed by atoms with E-state index in [4.69, 9.17) is 8.83 Å². The quantitative estimate of drug-likeness (QED) is 0.925. The molecular formula is C17H24N4O3. The van der Waals surface area contributed by atoms with Gasteiger partial charge in [-0.2, -0.15) is 0 Å². The number of likely N-dealkylation sites (tertiary alicyclic amines) is 1. The van der Waals surface area contributed by atoms with Crippen LogP contribution in [0.1, 0.15) is 45.4 Å². The topological polar surface area (TPSA) is 84.4 Å². The molecule has 1 aliphatic rings. The average molecular weight is 332 g/mol. The molecule has 3 rings (SSSR count). The molecule has 0 atom stereocenters. The monoisotopic (exact) mass is 332 g/mol. The maximum absolute atomic E-state index is 12.0. The predicted molar refractivity (Wildman–Crippen MR) is 88.3 cm³/mol. The van der Waals surface area contributed by atoms with E-state index in [1.54, 1.807) is 18.6 Å². The molecule has 1 N–H and O–H groups in total. The van der Waals surface area contributed by atoms with Gasteiger partial charge in [-0.05, 0) is 52.8 Å². The number of piperidine rings is 1. The summed E-state index contributed by atoms with van der Waals surface area (Å²) >= 11 is 0. The molecule has 1 saturated heterocycles. The summed E-state index contributed by atoms with van der Waals surface area (Å²) < 4.78 is 10.8. The zero-order valence-corrected chi connectivity index (χ0v) is 14.4. The van der Waals surface area contributed by atoms with Gasteiger partial charge in [-0.1, -0.05) is 0 Å². The Kier molecular flexibility index (Phi) is 4.71.